The molecule has 0 atom stereocenters. The highest BCUT2D eigenvalue weighted by Crippen LogP contribution is 2.28. The average molecular weight is 397 g/mol. The Morgan fingerprint density at radius 3 is 2.55 bits per heavy atom. The SMILES string of the molecule is COc1ccc(CN=C(N)NCC(C)(C)N2CCc3ccccc3C2)cc1OC. The van der Waals surface area contributed by atoms with Crippen LogP contribution in [0.5, 0.6) is 11.5 Å². The zero-order valence-electron chi connectivity index (χ0n) is 17.9. The molecule has 2 aromatic rings. The van der Waals surface area contributed by atoms with Crippen molar-refractivity contribution < 1.29 is 9.47 Å². The Morgan fingerprint density at radius 2 is 1.83 bits per heavy atom. The summed E-state index contributed by atoms with van der Waals surface area (Å²) in [6.07, 6.45) is 1.09. The molecule has 29 heavy (non-hydrogen) atoms. The van der Waals surface area contributed by atoms with Crippen molar-refractivity contribution in [2.24, 2.45) is 10.7 Å². The second-order valence-corrected chi connectivity index (χ2v) is 8.00. The van der Waals surface area contributed by atoms with E-state index in [-0.39, 0.29) is 5.54 Å². The van der Waals surface area contributed by atoms with E-state index < -0.39 is 0 Å². The summed E-state index contributed by atoms with van der Waals surface area (Å²) in [6, 6.07) is 14.5. The first-order valence-corrected chi connectivity index (χ1v) is 9.99. The molecule has 0 bridgehead atoms. The van der Waals surface area contributed by atoms with Crippen molar-refractivity contribution in [3.8, 4) is 11.5 Å². The van der Waals surface area contributed by atoms with Gasteiger partial charge >= 0.3 is 0 Å². The molecule has 0 spiro atoms. The monoisotopic (exact) mass is 396 g/mol. The Morgan fingerprint density at radius 1 is 1.10 bits per heavy atom. The lowest BCUT2D eigenvalue weighted by Gasteiger charge is -2.41. The smallest absolute Gasteiger partial charge is 0.188 e. The topological polar surface area (TPSA) is 72.1 Å². The van der Waals surface area contributed by atoms with Crippen molar-refractivity contribution in [2.75, 3.05) is 27.3 Å². The molecule has 1 aliphatic rings. The molecule has 6 nitrogen and oxygen atoms in total. The summed E-state index contributed by atoms with van der Waals surface area (Å²) >= 11 is 0. The maximum absolute atomic E-state index is 6.13. The molecule has 0 saturated carbocycles. The largest absolute Gasteiger partial charge is 0.493 e. The number of guanidine groups is 1. The van der Waals surface area contributed by atoms with Crippen LogP contribution >= 0.6 is 0 Å². The third-order valence-electron chi connectivity index (χ3n) is 5.57. The summed E-state index contributed by atoms with van der Waals surface area (Å²) in [7, 11) is 3.25. The van der Waals surface area contributed by atoms with Gasteiger partial charge in [-0.15, -0.1) is 0 Å². The lowest BCUT2D eigenvalue weighted by molar-refractivity contribution is 0.107. The predicted molar refractivity (Wildman–Crippen MR) is 118 cm³/mol. The van der Waals surface area contributed by atoms with E-state index in [1.54, 1.807) is 14.2 Å². The van der Waals surface area contributed by atoms with Crippen molar-refractivity contribution in [2.45, 2.75) is 38.9 Å². The van der Waals surface area contributed by atoms with Crippen LogP contribution in [-0.2, 0) is 19.5 Å². The lowest BCUT2D eigenvalue weighted by atomic mass is 9.94. The maximum Gasteiger partial charge on any atom is 0.188 e. The average Bonchev–Trinajstić information content (AvgIpc) is 2.75. The normalized spacial score (nSPS) is 15.0. The van der Waals surface area contributed by atoms with Gasteiger partial charge in [-0.3, -0.25) is 4.90 Å². The number of methoxy groups -OCH3 is 2. The Bertz CT molecular complexity index is 864. The second-order valence-electron chi connectivity index (χ2n) is 8.00. The third-order valence-corrected chi connectivity index (χ3v) is 5.57. The summed E-state index contributed by atoms with van der Waals surface area (Å²) in [4.78, 5) is 6.98. The van der Waals surface area contributed by atoms with E-state index in [0.29, 0.717) is 24.0 Å². The third kappa shape index (κ3) is 5.21. The fourth-order valence-corrected chi connectivity index (χ4v) is 3.64. The number of nitrogens with two attached hydrogens (primary N) is 1. The number of hydrogen-bond donors (Lipinski definition) is 2. The molecular weight excluding hydrogens is 364 g/mol. The molecule has 0 radical (unpaired) electrons. The minimum atomic E-state index is -0.0307. The van der Waals surface area contributed by atoms with E-state index >= 15 is 0 Å². The predicted octanol–water partition coefficient (Wildman–Crippen LogP) is 2.95. The number of rotatable bonds is 7. The number of hydrogen-bond acceptors (Lipinski definition) is 4. The van der Waals surface area contributed by atoms with E-state index in [0.717, 1.165) is 31.6 Å². The maximum atomic E-state index is 6.13. The molecule has 156 valence electrons. The van der Waals surface area contributed by atoms with Crippen LogP contribution in [0.25, 0.3) is 0 Å². The molecule has 0 fully saturated rings. The lowest BCUT2D eigenvalue weighted by Crippen LogP contribution is -2.54. The molecule has 0 aliphatic carbocycles. The van der Waals surface area contributed by atoms with Crippen LogP contribution in [0, 0.1) is 0 Å². The van der Waals surface area contributed by atoms with Crippen molar-refractivity contribution >= 4 is 5.96 Å². The highest BCUT2D eigenvalue weighted by Gasteiger charge is 2.29. The molecule has 0 saturated heterocycles. The number of aliphatic imine (C=N–C) groups is 1. The molecule has 2 aromatic carbocycles. The number of fused-ring (bicyclic) bond motifs is 1. The van der Waals surface area contributed by atoms with Gasteiger partial charge in [0, 0.05) is 25.2 Å². The highest BCUT2D eigenvalue weighted by atomic mass is 16.5. The Hall–Kier alpha value is -2.73. The van der Waals surface area contributed by atoms with E-state index in [4.69, 9.17) is 15.2 Å². The van der Waals surface area contributed by atoms with Crippen LogP contribution in [0.4, 0.5) is 0 Å². The van der Waals surface area contributed by atoms with Crippen molar-refractivity contribution in [1.29, 1.82) is 0 Å². The number of ether oxygens (including phenoxy) is 2. The van der Waals surface area contributed by atoms with Gasteiger partial charge < -0.3 is 20.5 Å². The Balaban J connectivity index is 1.56. The zero-order chi connectivity index (χ0) is 20.9. The first-order chi connectivity index (χ1) is 13.9. The summed E-state index contributed by atoms with van der Waals surface area (Å²) < 4.78 is 10.6. The van der Waals surface area contributed by atoms with Crippen LogP contribution in [0.2, 0.25) is 0 Å². The van der Waals surface area contributed by atoms with Gasteiger partial charge in [0.2, 0.25) is 0 Å². The fourth-order valence-electron chi connectivity index (χ4n) is 3.64. The van der Waals surface area contributed by atoms with E-state index in [1.807, 2.05) is 18.2 Å². The van der Waals surface area contributed by atoms with Crippen LogP contribution in [0.15, 0.2) is 47.5 Å². The van der Waals surface area contributed by atoms with Gasteiger partial charge in [0.15, 0.2) is 17.5 Å². The first-order valence-electron chi connectivity index (χ1n) is 9.99. The standard InChI is InChI=1S/C23H32N4O2/c1-23(2,27-12-11-18-7-5-6-8-19(18)15-27)16-26-22(24)25-14-17-9-10-20(28-3)21(13-17)29-4/h5-10,13H,11-12,14-16H2,1-4H3,(H3,24,25,26). The fraction of sp³-hybridized carbons (Fsp3) is 0.435. The number of nitrogens with one attached hydrogen (secondary N) is 1. The van der Waals surface area contributed by atoms with Crippen molar-refractivity contribution in [3.63, 3.8) is 0 Å². The van der Waals surface area contributed by atoms with E-state index in [2.05, 4.69) is 53.3 Å². The quantitative estimate of drug-likeness (QED) is 0.556. The number of nitrogens with zero attached hydrogens (tertiary/aromatic N) is 2. The van der Waals surface area contributed by atoms with Gasteiger partial charge in [-0.2, -0.15) is 0 Å². The summed E-state index contributed by atoms with van der Waals surface area (Å²) in [5, 5.41) is 3.30. The molecular formula is C23H32N4O2. The van der Waals surface area contributed by atoms with Crippen molar-refractivity contribution in [3.05, 3.63) is 59.2 Å². The molecule has 0 aromatic heterocycles. The first kappa shape index (κ1) is 21.0. The summed E-state index contributed by atoms with van der Waals surface area (Å²) in [6.45, 7) is 7.72. The Kier molecular flexibility index (Phi) is 6.64. The van der Waals surface area contributed by atoms with E-state index in [9.17, 15) is 0 Å². The molecule has 1 heterocycles. The van der Waals surface area contributed by atoms with Gasteiger partial charge in [0.25, 0.3) is 0 Å². The van der Waals surface area contributed by atoms with Crippen LogP contribution < -0.4 is 20.5 Å². The van der Waals surface area contributed by atoms with Crippen LogP contribution in [0.1, 0.15) is 30.5 Å². The molecule has 3 N–H and O–H groups in total. The number of benzene rings is 2. The minimum absolute atomic E-state index is 0.0307. The second kappa shape index (κ2) is 9.18. The van der Waals surface area contributed by atoms with Crippen molar-refractivity contribution in [1.82, 2.24) is 10.2 Å². The molecule has 0 amide bonds. The molecule has 3 rings (SSSR count). The summed E-state index contributed by atoms with van der Waals surface area (Å²) in [5.74, 6) is 1.85. The minimum Gasteiger partial charge on any atom is -0.493 e. The zero-order valence-corrected chi connectivity index (χ0v) is 17.9. The van der Waals surface area contributed by atoms with Gasteiger partial charge in [0.1, 0.15) is 0 Å². The Labute approximate surface area is 173 Å². The molecule has 0 unspecified atom stereocenters. The summed E-state index contributed by atoms with van der Waals surface area (Å²) in [5.41, 5.74) is 9.99. The molecule has 1 aliphatic heterocycles. The van der Waals surface area contributed by atoms with E-state index in [1.165, 1.54) is 11.1 Å². The molecule has 6 heteroatoms. The van der Waals surface area contributed by atoms with Gasteiger partial charge in [-0.25, -0.2) is 4.99 Å². The highest BCUT2D eigenvalue weighted by molar-refractivity contribution is 5.77. The van der Waals surface area contributed by atoms with Gasteiger partial charge in [0.05, 0.1) is 20.8 Å². The van der Waals surface area contributed by atoms with Crippen LogP contribution in [-0.4, -0.2) is 43.7 Å². The van der Waals surface area contributed by atoms with Gasteiger partial charge in [-0.05, 0) is 49.1 Å². The van der Waals surface area contributed by atoms with Crippen LogP contribution in [0.3, 0.4) is 0 Å². The van der Waals surface area contributed by atoms with Gasteiger partial charge in [-0.1, -0.05) is 30.3 Å².